The predicted octanol–water partition coefficient (Wildman–Crippen LogP) is 5.60. The maximum absolute atomic E-state index is 12.1. The Morgan fingerprint density at radius 3 is 2.44 bits per heavy atom. The minimum absolute atomic E-state index is 0.0340. The van der Waals surface area contributed by atoms with Crippen LogP contribution in [0.25, 0.3) is 10.9 Å². The first kappa shape index (κ1) is 19.6. The molecule has 3 nitrogen and oxygen atoms in total. The molecule has 1 aromatic heterocycles. The van der Waals surface area contributed by atoms with Crippen molar-refractivity contribution in [2.45, 2.75) is 42.8 Å². The number of methoxy groups -OCH3 is 1. The molecule has 3 rings (SSSR count). The van der Waals surface area contributed by atoms with Crippen LogP contribution in [0.3, 0.4) is 0 Å². The zero-order valence-corrected chi connectivity index (χ0v) is 17.5. The summed E-state index contributed by atoms with van der Waals surface area (Å²) in [5, 5.41) is 1.15. The van der Waals surface area contributed by atoms with Gasteiger partial charge in [-0.25, -0.2) is 0 Å². The number of nitrogens with zero attached hydrogens (tertiary/aromatic N) is 1. The zero-order valence-electron chi connectivity index (χ0n) is 16.7. The number of thioether (sulfide) groups is 1. The first-order chi connectivity index (χ1) is 12.8. The summed E-state index contributed by atoms with van der Waals surface area (Å²) in [6.07, 6.45) is 1.79. The van der Waals surface area contributed by atoms with Crippen LogP contribution in [0.15, 0.2) is 53.4 Å². The molecular formula is C23H27NO2S. The van der Waals surface area contributed by atoms with Crippen LogP contribution in [0.1, 0.15) is 37.9 Å². The summed E-state index contributed by atoms with van der Waals surface area (Å²) in [5.74, 6) is 0.641. The largest absolute Gasteiger partial charge is 0.497 e. The second-order valence-corrected chi connectivity index (χ2v) is 9.64. The normalized spacial score (nSPS) is 12.9. The minimum Gasteiger partial charge on any atom is -0.497 e. The number of hydrogen-bond acceptors (Lipinski definition) is 3. The van der Waals surface area contributed by atoms with E-state index in [1.54, 1.807) is 7.11 Å². The van der Waals surface area contributed by atoms with Crippen LogP contribution in [0.5, 0.6) is 5.75 Å². The molecule has 3 aromatic rings. The van der Waals surface area contributed by atoms with Gasteiger partial charge in [0.05, 0.1) is 13.0 Å². The maximum Gasteiger partial charge on any atom is 0.129 e. The molecule has 0 amide bonds. The summed E-state index contributed by atoms with van der Waals surface area (Å²) in [6.45, 7) is 6.61. The Balaban J connectivity index is 2.18. The van der Waals surface area contributed by atoms with Gasteiger partial charge < -0.3 is 14.1 Å². The average molecular weight is 382 g/mol. The van der Waals surface area contributed by atoms with Crippen molar-refractivity contribution >= 4 is 29.0 Å². The molecule has 1 heterocycles. The Hall–Kier alpha value is -2.20. The van der Waals surface area contributed by atoms with Crippen molar-refractivity contribution in [1.82, 2.24) is 4.57 Å². The van der Waals surface area contributed by atoms with Gasteiger partial charge in [-0.05, 0) is 30.2 Å². The number of fused-ring (bicyclic) bond motifs is 1. The fourth-order valence-corrected chi connectivity index (χ4v) is 4.72. The van der Waals surface area contributed by atoms with Gasteiger partial charge in [0.1, 0.15) is 12.0 Å². The molecule has 0 saturated heterocycles. The van der Waals surface area contributed by atoms with Gasteiger partial charge in [0, 0.05) is 33.3 Å². The Morgan fingerprint density at radius 1 is 1.15 bits per heavy atom. The monoisotopic (exact) mass is 381 g/mol. The maximum atomic E-state index is 12.1. The van der Waals surface area contributed by atoms with Crippen molar-refractivity contribution in [2.75, 3.05) is 7.11 Å². The summed E-state index contributed by atoms with van der Waals surface area (Å²) >= 11 is 1.82. The number of hydrogen-bond donors (Lipinski definition) is 0. The Labute approximate surface area is 165 Å². The molecule has 27 heavy (non-hydrogen) atoms. The van der Waals surface area contributed by atoms with Gasteiger partial charge in [0.25, 0.3) is 0 Å². The SMILES string of the molecule is COc1ccc2c(c1)c(SC(C)(C)C)c(C(C=O)Cc1ccccc1)n2C. The Morgan fingerprint density at radius 2 is 1.85 bits per heavy atom. The molecule has 0 N–H and O–H groups in total. The van der Waals surface area contributed by atoms with Gasteiger partial charge in [-0.1, -0.05) is 51.1 Å². The van der Waals surface area contributed by atoms with E-state index in [-0.39, 0.29) is 10.7 Å². The molecule has 0 spiro atoms. The van der Waals surface area contributed by atoms with Crippen LogP contribution < -0.4 is 4.74 Å². The number of ether oxygens (including phenoxy) is 1. The van der Waals surface area contributed by atoms with Gasteiger partial charge in [0.15, 0.2) is 0 Å². The summed E-state index contributed by atoms with van der Waals surface area (Å²) in [4.78, 5) is 13.3. The van der Waals surface area contributed by atoms with E-state index in [1.807, 2.05) is 36.0 Å². The highest BCUT2D eigenvalue weighted by Gasteiger charge is 2.27. The van der Waals surface area contributed by atoms with E-state index >= 15 is 0 Å². The van der Waals surface area contributed by atoms with Crippen molar-refractivity contribution in [3.05, 3.63) is 59.8 Å². The summed E-state index contributed by atoms with van der Waals surface area (Å²) < 4.78 is 7.66. The first-order valence-electron chi connectivity index (χ1n) is 9.18. The molecule has 0 fully saturated rings. The molecule has 0 aliphatic rings. The summed E-state index contributed by atoms with van der Waals surface area (Å²) in [7, 11) is 3.74. The van der Waals surface area contributed by atoms with E-state index in [2.05, 4.69) is 56.7 Å². The van der Waals surface area contributed by atoms with E-state index in [0.29, 0.717) is 6.42 Å². The lowest BCUT2D eigenvalue weighted by atomic mass is 9.97. The highest BCUT2D eigenvalue weighted by atomic mass is 32.2. The Bertz CT molecular complexity index is 938. The third-order valence-corrected chi connectivity index (χ3v) is 5.87. The summed E-state index contributed by atoms with van der Waals surface area (Å²) in [5.41, 5.74) is 3.37. The molecule has 1 atom stereocenters. The van der Waals surface area contributed by atoms with E-state index in [9.17, 15) is 4.79 Å². The van der Waals surface area contributed by atoms with Gasteiger partial charge in [-0.3, -0.25) is 0 Å². The van der Waals surface area contributed by atoms with Crippen LogP contribution in [0.4, 0.5) is 0 Å². The van der Waals surface area contributed by atoms with Crippen LogP contribution in [0.2, 0.25) is 0 Å². The predicted molar refractivity (Wildman–Crippen MR) is 114 cm³/mol. The number of aldehydes is 1. The fourth-order valence-electron chi connectivity index (χ4n) is 3.44. The first-order valence-corrected chi connectivity index (χ1v) is 10.00. The van der Waals surface area contributed by atoms with E-state index in [0.717, 1.165) is 28.6 Å². The highest BCUT2D eigenvalue weighted by Crippen LogP contribution is 2.44. The average Bonchev–Trinajstić information content (AvgIpc) is 2.90. The van der Waals surface area contributed by atoms with Crippen molar-refractivity contribution in [2.24, 2.45) is 7.05 Å². The highest BCUT2D eigenvalue weighted by molar-refractivity contribution is 8.00. The van der Waals surface area contributed by atoms with E-state index in [4.69, 9.17) is 4.74 Å². The van der Waals surface area contributed by atoms with Crippen LogP contribution in [0, 0.1) is 0 Å². The number of benzene rings is 2. The van der Waals surface area contributed by atoms with Gasteiger partial charge >= 0.3 is 0 Å². The van der Waals surface area contributed by atoms with Crippen LogP contribution >= 0.6 is 11.8 Å². The third kappa shape index (κ3) is 4.22. The van der Waals surface area contributed by atoms with Crippen LogP contribution in [-0.4, -0.2) is 22.7 Å². The minimum atomic E-state index is -0.194. The fraction of sp³-hybridized carbons (Fsp3) is 0.348. The van der Waals surface area contributed by atoms with E-state index in [1.165, 1.54) is 10.5 Å². The Kier molecular flexibility index (Phi) is 5.66. The topological polar surface area (TPSA) is 31.2 Å². The lowest BCUT2D eigenvalue weighted by molar-refractivity contribution is -0.109. The van der Waals surface area contributed by atoms with Crippen molar-refractivity contribution in [1.29, 1.82) is 0 Å². The second kappa shape index (κ2) is 7.81. The van der Waals surface area contributed by atoms with Crippen molar-refractivity contribution in [3.63, 3.8) is 0 Å². The molecule has 0 bridgehead atoms. The zero-order chi connectivity index (χ0) is 19.6. The quantitative estimate of drug-likeness (QED) is 0.411. The van der Waals surface area contributed by atoms with Crippen molar-refractivity contribution in [3.8, 4) is 5.75 Å². The number of rotatable bonds is 6. The smallest absolute Gasteiger partial charge is 0.129 e. The van der Waals surface area contributed by atoms with Crippen molar-refractivity contribution < 1.29 is 9.53 Å². The third-order valence-electron chi connectivity index (χ3n) is 4.63. The molecule has 0 aliphatic heterocycles. The lowest BCUT2D eigenvalue weighted by Crippen LogP contribution is -2.13. The molecular weight excluding hydrogens is 354 g/mol. The molecule has 142 valence electrons. The molecule has 2 aromatic carbocycles. The molecule has 0 radical (unpaired) electrons. The second-order valence-electron chi connectivity index (χ2n) is 7.80. The van der Waals surface area contributed by atoms with Gasteiger partial charge in [0.2, 0.25) is 0 Å². The number of aryl methyl sites for hydroxylation is 1. The van der Waals surface area contributed by atoms with Gasteiger partial charge in [-0.2, -0.15) is 0 Å². The lowest BCUT2D eigenvalue weighted by Gasteiger charge is -2.21. The molecule has 4 heteroatoms. The molecule has 0 aliphatic carbocycles. The molecule has 1 unspecified atom stereocenters. The number of carbonyl (C=O) groups excluding carboxylic acids is 1. The van der Waals surface area contributed by atoms with E-state index < -0.39 is 0 Å². The molecule has 0 saturated carbocycles. The standard InChI is InChI=1S/C23H27NO2S/c1-23(2,3)27-22-19-14-18(26-5)11-12-20(19)24(4)21(22)17(15-25)13-16-9-7-6-8-10-16/h6-12,14-15,17H,13H2,1-5H3. The van der Waals surface area contributed by atoms with Gasteiger partial charge in [-0.15, -0.1) is 11.8 Å². The van der Waals surface area contributed by atoms with Crippen LogP contribution in [-0.2, 0) is 18.3 Å². The number of carbonyl (C=O) groups is 1. The number of aromatic nitrogens is 1. The summed E-state index contributed by atoms with van der Waals surface area (Å²) in [6, 6.07) is 16.3.